The molecule has 0 aromatic heterocycles. The topological polar surface area (TPSA) is 95.9 Å². The Labute approximate surface area is 322 Å². The van der Waals surface area contributed by atoms with Crippen LogP contribution in [-0.2, 0) is 14.3 Å². The molecule has 0 spiro atoms. The van der Waals surface area contributed by atoms with Gasteiger partial charge in [0, 0.05) is 12.8 Å². The molecular weight excluding hydrogens is 647 g/mol. The molecule has 3 N–H and O–H groups in total. The minimum absolute atomic E-state index is 0.0154. The lowest BCUT2D eigenvalue weighted by Gasteiger charge is -2.19. The highest BCUT2D eigenvalue weighted by atomic mass is 16.5. The highest BCUT2D eigenvalue weighted by Crippen LogP contribution is 2.14. The molecule has 0 bridgehead atoms. The van der Waals surface area contributed by atoms with Crippen molar-refractivity contribution >= 4 is 11.9 Å². The summed E-state index contributed by atoms with van der Waals surface area (Å²) < 4.78 is 5.43. The first kappa shape index (κ1) is 50.3. The maximum atomic E-state index is 12.3. The average Bonchev–Trinajstić information content (AvgIpc) is 3.14. The van der Waals surface area contributed by atoms with Crippen LogP contribution < -0.4 is 5.32 Å². The smallest absolute Gasteiger partial charge is 0.305 e. The standard InChI is InChI=1S/C46H87NO5/c1-3-5-7-9-11-13-18-22-26-30-34-38-44(49)43(42-48)47-45(50)39-35-31-27-23-20-16-15-17-21-25-29-33-37-41-52-46(51)40-36-32-28-24-19-14-12-10-8-6-4-2/h16,20,34,38,43-44,48-49H,3-15,17-19,21-33,35-37,39-42H2,1-2H3,(H,47,50)/b20-16-,38-34+. The van der Waals surface area contributed by atoms with E-state index in [9.17, 15) is 19.8 Å². The first-order chi connectivity index (χ1) is 25.5. The van der Waals surface area contributed by atoms with Crippen LogP contribution in [0.15, 0.2) is 24.3 Å². The number of carbonyl (C=O) groups is 2. The number of rotatable bonds is 41. The number of nitrogens with one attached hydrogen (secondary N) is 1. The molecule has 0 heterocycles. The number of hydrogen-bond donors (Lipinski definition) is 3. The summed E-state index contributed by atoms with van der Waals surface area (Å²) in [5, 5.41) is 22.9. The summed E-state index contributed by atoms with van der Waals surface area (Å²) in [7, 11) is 0. The predicted molar refractivity (Wildman–Crippen MR) is 223 cm³/mol. The lowest BCUT2D eigenvalue weighted by atomic mass is 10.1. The number of ether oxygens (including phenoxy) is 1. The first-order valence-electron chi connectivity index (χ1n) is 22.6. The van der Waals surface area contributed by atoms with Crippen molar-refractivity contribution in [1.29, 1.82) is 0 Å². The van der Waals surface area contributed by atoms with Crippen molar-refractivity contribution in [3.63, 3.8) is 0 Å². The second-order valence-electron chi connectivity index (χ2n) is 15.4. The lowest BCUT2D eigenvalue weighted by Crippen LogP contribution is -2.45. The highest BCUT2D eigenvalue weighted by molar-refractivity contribution is 5.76. The van der Waals surface area contributed by atoms with Gasteiger partial charge < -0.3 is 20.3 Å². The Bertz CT molecular complexity index is 813. The normalized spacial score (nSPS) is 12.9. The van der Waals surface area contributed by atoms with E-state index in [0.29, 0.717) is 19.4 Å². The molecule has 0 rings (SSSR count). The molecule has 0 aromatic rings. The number of hydrogen-bond acceptors (Lipinski definition) is 5. The molecule has 2 atom stereocenters. The van der Waals surface area contributed by atoms with Crippen molar-refractivity contribution in [3.8, 4) is 0 Å². The van der Waals surface area contributed by atoms with Crippen LogP contribution in [0.1, 0.15) is 232 Å². The van der Waals surface area contributed by atoms with Crippen LogP contribution in [0.5, 0.6) is 0 Å². The lowest BCUT2D eigenvalue weighted by molar-refractivity contribution is -0.143. The molecule has 306 valence electrons. The molecule has 52 heavy (non-hydrogen) atoms. The van der Waals surface area contributed by atoms with Gasteiger partial charge in [0.15, 0.2) is 0 Å². The summed E-state index contributed by atoms with van der Waals surface area (Å²) in [5.74, 6) is -0.116. The second kappa shape index (κ2) is 42.1. The molecule has 0 radical (unpaired) electrons. The Morgan fingerprint density at radius 3 is 1.38 bits per heavy atom. The number of aliphatic hydroxyl groups excluding tert-OH is 2. The van der Waals surface area contributed by atoms with E-state index in [4.69, 9.17) is 4.74 Å². The maximum Gasteiger partial charge on any atom is 0.305 e. The monoisotopic (exact) mass is 734 g/mol. The fraction of sp³-hybridized carbons (Fsp3) is 0.870. The Kier molecular flexibility index (Phi) is 40.7. The first-order valence-corrected chi connectivity index (χ1v) is 22.6. The maximum absolute atomic E-state index is 12.3. The molecule has 6 heteroatoms. The molecule has 6 nitrogen and oxygen atoms in total. The van der Waals surface area contributed by atoms with Crippen LogP contribution >= 0.6 is 0 Å². The van der Waals surface area contributed by atoms with Crippen molar-refractivity contribution in [2.45, 2.75) is 244 Å². The number of unbranched alkanes of at least 4 members (excludes halogenated alkanes) is 28. The van der Waals surface area contributed by atoms with E-state index in [1.165, 1.54) is 135 Å². The van der Waals surface area contributed by atoms with Gasteiger partial charge in [-0.1, -0.05) is 186 Å². The molecular formula is C46H87NO5. The Morgan fingerprint density at radius 2 is 0.904 bits per heavy atom. The van der Waals surface area contributed by atoms with Crippen LogP contribution in [-0.4, -0.2) is 47.4 Å². The van der Waals surface area contributed by atoms with Crippen molar-refractivity contribution in [2.75, 3.05) is 13.2 Å². The van der Waals surface area contributed by atoms with Gasteiger partial charge in [0.1, 0.15) is 0 Å². The van der Waals surface area contributed by atoms with Gasteiger partial charge >= 0.3 is 5.97 Å². The Balaban J connectivity index is 3.54. The van der Waals surface area contributed by atoms with Gasteiger partial charge in [0.05, 0.1) is 25.4 Å². The Morgan fingerprint density at radius 1 is 0.519 bits per heavy atom. The molecule has 0 saturated heterocycles. The van der Waals surface area contributed by atoms with Crippen LogP contribution in [0.25, 0.3) is 0 Å². The molecule has 0 aliphatic rings. The summed E-state index contributed by atoms with van der Waals surface area (Å²) in [4.78, 5) is 24.3. The fourth-order valence-electron chi connectivity index (χ4n) is 6.68. The van der Waals surface area contributed by atoms with Crippen LogP contribution in [0.4, 0.5) is 0 Å². The minimum atomic E-state index is -0.858. The van der Waals surface area contributed by atoms with Crippen LogP contribution in [0.2, 0.25) is 0 Å². The number of allylic oxidation sites excluding steroid dienone is 3. The molecule has 1 amide bonds. The van der Waals surface area contributed by atoms with Gasteiger partial charge in [-0.3, -0.25) is 9.59 Å². The van der Waals surface area contributed by atoms with Crippen LogP contribution in [0.3, 0.4) is 0 Å². The highest BCUT2D eigenvalue weighted by Gasteiger charge is 2.18. The van der Waals surface area contributed by atoms with Crippen molar-refractivity contribution in [3.05, 3.63) is 24.3 Å². The predicted octanol–water partition coefficient (Wildman–Crippen LogP) is 12.8. The molecule has 0 saturated carbocycles. The number of carbonyl (C=O) groups excluding carboxylic acids is 2. The summed E-state index contributed by atoms with van der Waals surface area (Å²) in [6, 6.07) is -0.645. The van der Waals surface area contributed by atoms with E-state index in [0.717, 1.165) is 70.6 Å². The summed E-state index contributed by atoms with van der Waals surface area (Å²) in [6.45, 7) is 4.82. The van der Waals surface area contributed by atoms with Crippen molar-refractivity contribution < 1.29 is 24.5 Å². The third kappa shape index (κ3) is 38.1. The molecule has 0 aliphatic carbocycles. The molecule has 0 aromatic carbocycles. The third-order valence-electron chi connectivity index (χ3n) is 10.2. The van der Waals surface area contributed by atoms with E-state index in [1.54, 1.807) is 6.08 Å². The number of aliphatic hydroxyl groups is 2. The molecule has 0 fully saturated rings. The second-order valence-corrected chi connectivity index (χ2v) is 15.4. The third-order valence-corrected chi connectivity index (χ3v) is 10.2. The van der Waals surface area contributed by atoms with Crippen LogP contribution in [0, 0.1) is 0 Å². The van der Waals surface area contributed by atoms with Gasteiger partial charge in [0.25, 0.3) is 0 Å². The molecule has 2 unspecified atom stereocenters. The van der Waals surface area contributed by atoms with E-state index in [2.05, 4.69) is 31.3 Å². The van der Waals surface area contributed by atoms with Gasteiger partial charge in [-0.25, -0.2) is 0 Å². The quantitative estimate of drug-likeness (QED) is 0.0330. The van der Waals surface area contributed by atoms with E-state index < -0.39 is 12.1 Å². The van der Waals surface area contributed by atoms with Gasteiger partial charge in [-0.2, -0.15) is 0 Å². The van der Waals surface area contributed by atoms with Crippen molar-refractivity contribution in [2.24, 2.45) is 0 Å². The minimum Gasteiger partial charge on any atom is -0.466 e. The van der Waals surface area contributed by atoms with Gasteiger partial charge in [-0.05, 0) is 57.8 Å². The zero-order valence-electron chi connectivity index (χ0n) is 34.5. The zero-order chi connectivity index (χ0) is 38.0. The van der Waals surface area contributed by atoms with E-state index in [1.807, 2.05) is 6.08 Å². The summed E-state index contributed by atoms with van der Waals surface area (Å²) in [5.41, 5.74) is 0. The molecule has 0 aliphatic heterocycles. The number of amides is 1. The summed E-state index contributed by atoms with van der Waals surface area (Å²) >= 11 is 0. The largest absolute Gasteiger partial charge is 0.466 e. The van der Waals surface area contributed by atoms with Crippen molar-refractivity contribution in [1.82, 2.24) is 5.32 Å². The van der Waals surface area contributed by atoms with E-state index >= 15 is 0 Å². The summed E-state index contributed by atoms with van der Waals surface area (Å²) in [6.07, 6.45) is 47.3. The van der Waals surface area contributed by atoms with Gasteiger partial charge in [-0.15, -0.1) is 0 Å². The SMILES string of the molecule is CCCCCCCCCCC/C=C/C(O)C(CO)NC(=O)CCCCC/C=C\CCCCCCCCOC(=O)CCCCCCCCCCCCC. The number of esters is 1. The van der Waals surface area contributed by atoms with Gasteiger partial charge in [0.2, 0.25) is 5.91 Å². The van der Waals surface area contributed by atoms with E-state index in [-0.39, 0.29) is 18.5 Å². The average molecular weight is 734 g/mol. The zero-order valence-corrected chi connectivity index (χ0v) is 34.5. The fourth-order valence-corrected chi connectivity index (χ4v) is 6.68. The Hall–Kier alpha value is -1.66.